The molecule has 0 saturated heterocycles. The molecule has 1 aromatic carbocycles. The van der Waals surface area contributed by atoms with E-state index in [9.17, 15) is 4.79 Å². The maximum absolute atomic E-state index is 13.2. The molecular weight excluding hydrogens is 398 g/mol. The summed E-state index contributed by atoms with van der Waals surface area (Å²) in [5, 5.41) is 4.29. The number of carbonyl (C=O) groups excluding carboxylic acids is 1. The smallest absolute Gasteiger partial charge is 0.227 e. The van der Waals surface area contributed by atoms with Crippen molar-refractivity contribution in [3.8, 4) is 5.75 Å². The van der Waals surface area contributed by atoms with Crippen LogP contribution in [-0.4, -0.2) is 23.8 Å². The van der Waals surface area contributed by atoms with Crippen LogP contribution in [0.1, 0.15) is 51.9 Å². The van der Waals surface area contributed by atoms with Crippen LogP contribution in [0.25, 0.3) is 0 Å². The third-order valence-corrected chi connectivity index (χ3v) is 5.32. The third-order valence-electron chi connectivity index (χ3n) is 4.83. The van der Waals surface area contributed by atoms with Crippen molar-refractivity contribution in [3.05, 3.63) is 50.8 Å². The number of methoxy groups -OCH3 is 1. The molecule has 4 rings (SSSR count). The average Bonchev–Trinajstić information content (AvgIpc) is 3.28. The lowest BCUT2D eigenvalue weighted by Gasteiger charge is -2.11. The van der Waals surface area contributed by atoms with E-state index in [1.54, 1.807) is 19.2 Å². The van der Waals surface area contributed by atoms with Crippen LogP contribution in [0.3, 0.4) is 0 Å². The fourth-order valence-corrected chi connectivity index (χ4v) is 3.67. The van der Waals surface area contributed by atoms with Gasteiger partial charge in [0.2, 0.25) is 12.1 Å². The van der Waals surface area contributed by atoms with Crippen molar-refractivity contribution in [3.63, 3.8) is 0 Å². The minimum atomic E-state index is -0.379. The van der Waals surface area contributed by atoms with Crippen molar-refractivity contribution in [2.24, 2.45) is 11.0 Å². The molecule has 1 atom stereocenters. The molecule has 6 nitrogen and oxygen atoms in total. The number of H-pyrrole nitrogens is 1. The van der Waals surface area contributed by atoms with Crippen LogP contribution < -0.4 is 10.2 Å². The van der Waals surface area contributed by atoms with Crippen molar-refractivity contribution in [1.29, 1.82) is 0 Å². The molecule has 2 N–H and O–H groups in total. The minimum absolute atomic E-state index is 0.0815. The topological polar surface area (TPSA) is 75.7 Å². The number of benzene rings is 1. The quantitative estimate of drug-likeness (QED) is 0.721. The lowest BCUT2D eigenvalue weighted by molar-refractivity contribution is 0.103. The van der Waals surface area contributed by atoms with Gasteiger partial charge in [0, 0.05) is 21.6 Å². The second-order valence-electron chi connectivity index (χ2n) is 6.69. The van der Waals surface area contributed by atoms with Gasteiger partial charge < -0.3 is 14.5 Å². The van der Waals surface area contributed by atoms with Gasteiger partial charge in [-0.05, 0) is 50.5 Å². The Morgan fingerprint density at radius 1 is 1.35 bits per heavy atom. The summed E-state index contributed by atoms with van der Waals surface area (Å²) in [6.07, 6.45) is 1.88. The van der Waals surface area contributed by atoms with Crippen LogP contribution >= 0.6 is 15.9 Å². The van der Waals surface area contributed by atoms with Crippen molar-refractivity contribution in [1.82, 2.24) is 10.4 Å². The van der Waals surface area contributed by atoms with E-state index in [-0.39, 0.29) is 12.0 Å². The summed E-state index contributed by atoms with van der Waals surface area (Å²) in [6, 6.07) is 5.42. The number of halogens is 1. The zero-order chi connectivity index (χ0) is 18.4. The van der Waals surface area contributed by atoms with Gasteiger partial charge in [-0.1, -0.05) is 15.9 Å². The number of ketones is 1. The highest BCUT2D eigenvalue weighted by Gasteiger charge is 2.36. The lowest BCUT2D eigenvalue weighted by Crippen LogP contribution is -2.14. The molecular formula is C19H20BrN3O3. The van der Waals surface area contributed by atoms with Gasteiger partial charge in [-0.3, -0.25) is 10.2 Å². The zero-order valence-corrected chi connectivity index (χ0v) is 16.4. The molecule has 1 saturated carbocycles. The van der Waals surface area contributed by atoms with Crippen molar-refractivity contribution in [2.75, 3.05) is 7.11 Å². The molecule has 0 radical (unpaired) electrons. The van der Waals surface area contributed by atoms with Gasteiger partial charge in [0.25, 0.3) is 0 Å². The highest BCUT2D eigenvalue weighted by atomic mass is 79.9. The normalized spacial score (nSPS) is 18.9. The molecule has 1 fully saturated rings. The molecule has 0 spiro atoms. The Balaban J connectivity index is 1.67. The Morgan fingerprint density at radius 2 is 2.12 bits per heavy atom. The Hall–Kier alpha value is -2.28. The number of hydrogen-bond donors (Lipinski definition) is 2. The van der Waals surface area contributed by atoms with E-state index >= 15 is 0 Å². The number of nitrogens with zero attached hydrogens (tertiary/aromatic N) is 1. The molecule has 26 heavy (non-hydrogen) atoms. The van der Waals surface area contributed by atoms with E-state index < -0.39 is 0 Å². The molecule has 1 aliphatic heterocycles. The second kappa shape index (κ2) is 6.46. The summed E-state index contributed by atoms with van der Waals surface area (Å²) >= 11 is 3.43. The first-order valence-corrected chi connectivity index (χ1v) is 9.36. The number of aromatic nitrogens is 1. The highest BCUT2D eigenvalue weighted by Crippen LogP contribution is 2.36. The first kappa shape index (κ1) is 17.1. The van der Waals surface area contributed by atoms with E-state index in [2.05, 4.69) is 31.4 Å². The molecule has 1 unspecified atom stereocenters. The summed E-state index contributed by atoms with van der Waals surface area (Å²) < 4.78 is 12.1. The van der Waals surface area contributed by atoms with Gasteiger partial charge in [-0.25, -0.2) is 0 Å². The molecule has 7 heteroatoms. The average molecular weight is 418 g/mol. The Labute approximate surface area is 160 Å². The maximum Gasteiger partial charge on any atom is 0.227 e. The summed E-state index contributed by atoms with van der Waals surface area (Å²) in [4.78, 5) is 16.5. The van der Waals surface area contributed by atoms with Crippen LogP contribution in [0.4, 0.5) is 0 Å². The molecule has 2 aliphatic rings. The van der Waals surface area contributed by atoms with Crippen LogP contribution in [0, 0.1) is 19.8 Å². The minimum Gasteiger partial charge on any atom is -0.496 e. The van der Waals surface area contributed by atoms with Crippen LogP contribution in [0.2, 0.25) is 0 Å². The first-order valence-electron chi connectivity index (χ1n) is 8.56. The number of hydrogen-bond acceptors (Lipinski definition) is 5. The number of ether oxygens (including phenoxy) is 2. The van der Waals surface area contributed by atoms with Gasteiger partial charge >= 0.3 is 0 Å². The number of carbonyl (C=O) groups is 1. The van der Waals surface area contributed by atoms with Crippen molar-refractivity contribution < 1.29 is 14.3 Å². The number of rotatable bonds is 5. The Morgan fingerprint density at radius 3 is 2.81 bits per heavy atom. The standard InChI is InChI=1S/C19H20BrN3O3/c1-9-15(17(24)13-8-12(20)6-7-14(13)25-3)10(2)21-16(9)19-23-22-18(26-19)11-4-5-11/h6-8,11,19,21,23H,4-5H2,1-3H3. The summed E-state index contributed by atoms with van der Waals surface area (Å²) in [7, 11) is 1.56. The predicted octanol–water partition coefficient (Wildman–Crippen LogP) is 3.98. The molecule has 1 aromatic heterocycles. The first-order chi connectivity index (χ1) is 12.5. The largest absolute Gasteiger partial charge is 0.496 e. The Kier molecular flexibility index (Phi) is 4.26. The van der Waals surface area contributed by atoms with Gasteiger partial charge in [0.15, 0.2) is 5.78 Å². The number of aryl methyl sites for hydroxylation is 1. The van der Waals surface area contributed by atoms with E-state index in [0.717, 1.165) is 40.2 Å². The lowest BCUT2D eigenvalue weighted by atomic mass is 9.98. The van der Waals surface area contributed by atoms with Crippen molar-refractivity contribution in [2.45, 2.75) is 32.9 Å². The van der Waals surface area contributed by atoms with Gasteiger partial charge in [0.1, 0.15) is 5.75 Å². The van der Waals surface area contributed by atoms with Gasteiger partial charge in [-0.2, -0.15) is 0 Å². The fraction of sp³-hybridized carbons (Fsp3) is 0.368. The van der Waals surface area contributed by atoms with Crippen LogP contribution in [0.5, 0.6) is 5.75 Å². The summed E-state index contributed by atoms with van der Waals surface area (Å²) in [6.45, 7) is 3.82. The SMILES string of the molecule is COc1ccc(Br)cc1C(=O)c1c(C)[nH]c(C2NN=C(C3CC3)O2)c1C. The molecule has 0 amide bonds. The molecule has 0 bridgehead atoms. The van der Waals surface area contributed by atoms with Crippen LogP contribution in [0.15, 0.2) is 27.8 Å². The monoisotopic (exact) mass is 417 g/mol. The summed E-state index contributed by atoms with van der Waals surface area (Å²) in [5.74, 6) is 1.68. The van der Waals surface area contributed by atoms with E-state index in [1.165, 1.54) is 0 Å². The van der Waals surface area contributed by atoms with Crippen molar-refractivity contribution >= 4 is 27.6 Å². The third kappa shape index (κ3) is 2.90. The summed E-state index contributed by atoms with van der Waals surface area (Å²) in [5.41, 5.74) is 6.68. The Bertz CT molecular complexity index is 915. The van der Waals surface area contributed by atoms with Gasteiger partial charge in [0.05, 0.1) is 18.4 Å². The molecule has 1 aliphatic carbocycles. The van der Waals surface area contributed by atoms with Gasteiger partial charge in [-0.15, -0.1) is 5.10 Å². The second-order valence-corrected chi connectivity index (χ2v) is 7.60. The number of aromatic amines is 1. The van der Waals surface area contributed by atoms with E-state index in [4.69, 9.17) is 9.47 Å². The zero-order valence-electron chi connectivity index (χ0n) is 14.9. The number of hydrazone groups is 1. The predicted molar refractivity (Wildman–Crippen MR) is 102 cm³/mol. The van der Waals surface area contributed by atoms with Crippen LogP contribution in [-0.2, 0) is 4.74 Å². The van der Waals surface area contributed by atoms with E-state index in [0.29, 0.717) is 22.8 Å². The molecule has 136 valence electrons. The highest BCUT2D eigenvalue weighted by molar-refractivity contribution is 9.10. The van der Waals surface area contributed by atoms with E-state index in [1.807, 2.05) is 19.9 Å². The number of nitrogens with one attached hydrogen (secondary N) is 2. The maximum atomic E-state index is 13.2. The molecule has 2 aromatic rings. The molecule has 2 heterocycles. The fourth-order valence-electron chi connectivity index (χ4n) is 3.31.